The average Bonchev–Trinajstić information content (AvgIpc) is 2.96. The van der Waals surface area contributed by atoms with Gasteiger partial charge in [0.1, 0.15) is 5.82 Å². The van der Waals surface area contributed by atoms with Crippen LogP contribution in [0.15, 0.2) is 18.2 Å². The van der Waals surface area contributed by atoms with Gasteiger partial charge in [-0.1, -0.05) is 0 Å². The summed E-state index contributed by atoms with van der Waals surface area (Å²) in [6.45, 7) is 0. The van der Waals surface area contributed by atoms with Crippen LogP contribution in [0.1, 0.15) is 17.9 Å². The van der Waals surface area contributed by atoms with Crippen molar-refractivity contribution in [3.05, 3.63) is 29.6 Å². The maximum Gasteiger partial charge on any atom is 0.307 e. The standard InChI is InChI=1S/C12H14FNO2/c1-14(2)11-4-3-7(13)5-9(11)8-6-10(8)12(15)16/h3-5,8,10H,6H2,1-2H3,(H,15,16). The molecule has 1 fully saturated rings. The second kappa shape index (κ2) is 3.77. The van der Waals surface area contributed by atoms with E-state index in [2.05, 4.69) is 0 Å². The molecule has 2 rings (SSSR count). The Hall–Kier alpha value is -1.58. The van der Waals surface area contributed by atoms with E-state index in [1.54, 1.807) is 6.07 Å². The van der Waals surface area contributed by atoms with E-state index in [1.807, 2.05) is 19.0 Å². The molecule has 3 nitrogen and oxygen atoms in total. The molecule has 0 saturated heterocycles. The minimum absolute atomic E-state index is 0.0365. The summed E-state index contributed by atoms with van der Waals surface area (Å²) in [6, 6.07) is 4.54. The van der Waals surface area contributed by atoms with Gasteiger partial charge in [-0.3, -0.25) is 4.79 Å². The molecule has 2 atom stereocenters. The Morgan fingerprint density at radius 3 is 2.69 bits per heavy atom. The first-order chi connectivity index (χ1) is 7.50. The highest BCUT2D eigenvalue weighted by Crippen LogP contribution is 2.50. The maximum absolute atomic E-state index is 13.2. The number of carboxylic acid groups (broad SMARTS) is 1. The van der Waals surface area contributed by atoms with Gasteiger partial charge >= 0.3 is 5.97 Å². The minimum Gasteiger partial charge on any atom is -0.481 e. The van der Waals surface area contributed by atoms with Crippen molar-refractivity contribution in [1.82, 2.24) is 0 Å². The van der Waals surface area contributed by atoms with E-state index in [9.17, 15) is 9.18 Å². The molecule has 0 heterocycles. The number of carboxylic acids is 1. The molecule has 0 spiro atoms. The summed E-state index contributed by atoms with van der Waals surface area (Å²) < 4.78 is 13.2. The van der Waals surface area contributed by atoms with Gasteiger partial charge in [-0.2, -0.15) is 0 Å². The molecular formula is C12H14FNO2. The number of anilines is 1. The number of halogens is 1. The van der Waals surface area contributed by atoms with Gasteiger partial charge in [-0.05, 0) is 30.2 Å². The Labute approximate surface area is 93.5 Å². The van der Waals surface area contributed by atoms with Crippen molar-refractivity contribution in [3.8, 4) is 0 Å². The third-order valence-electron chi connectivity index (χ3n) is 2.98. The molecule has 2 unspecified atom stereocenters. The minimum atomic E-state index is -0.793. The molecule has 1 aliphatic rings. The van der Waals surface area contributed by atoms with E-state index in [0.29, 0.717) is 6.42 Å². The fourth-order valence-electron chi connectivity index (χ4n) is 2.04. The maximum atomic E-state index is 13.2. The molecule has 86 valence electrons. The van der Waals surface area contributed by atoms with Crippen LogP contribution in [0.5, 0.6) is 0 Å². The zero-order valence-corrected chi connectivity index (χ0v) is 9.27. The first kappa shape index (κ1) is 10.9. The Kier molecular flexibility index (Phi) is 2.58. The molecule has 4 heteroatoms. The topological polar surface area (TPSA) is 40.5 Å². The van der Waals surface area contributed by atoms with E-state index in [-0.39, 0.29) is 17.7 Å². The van der Waals surface area contributed by atoms with Crippen LogP contribution < -0.4 is 4.90 Å². The van der Waals surface area contributed by atoms with Crippen LogP contribution in [0, 0.1) is 11.7 Å². The molecule has 0 aliphatic heterocycles. The Bertz CT molecular complexity index is 431. The smallest absolute Gasteiger partial charge is 0.307 e. The van der Waals surface area contributed by atoms with E-state index in [0.717, 1.165) is 11.3 Å². The molecule has 1 aromatic rings. The van der Waals surface area contributed by atoms with Crippen molar-refractivity contribution in [2.45, 2.75) is 12.3 Å². The van der Waals surface area contributed by atoms with Gasteiger partial charge in [0.15, 0.2) is 0 Å². The zero-order chi connectivity index (χ0) is 11.9. The number of rotatable bonds is 3. The SMILES string of the molecule is CN(C)c1ccc(F)cc1C1CC1C(=O)O. The van der Waals surface area contributed by atoms with Crippen LogP contribution in [0.4, 0.5) is 10.1 Å². The lowest BCUT2D eigenvalue weighted by Crippen LogP contribution is -2.12. The lowest BCUT2D eigenvalue weighted by atomic mass is 10.1. The molecule has 0 bridgehead atoms. The van der Waals surface area contributed by atoms with Gasteiger partial charge in [-0.15, -0.1) is 0 Å². The molecule has 16 heavy (non-hydrogen) atoms. The van der Waals surface area contributed by atoms with Crippen molar-refractivity contribution < 1.29 is 14.3 Å². The van der Waals surface area contributed by atoms with Gasteiger partial charge in [0.25, 0.3) is 0 Å². The fraction of sp³-hybridized carbons (Fsp3) is 0.417. The normalized spacial score (nSPS) is 22.9. The molecular weight excluding hydrogens is 209 g/mol. The first-order valence-corrected chi connectivity index (χ1v) is 5.20. The molecule has 0 amide bonds. The second-order valence-corrected chi connectivity index (χ2v) is 4.38. The summed E-state index contributed by atoms with van der Waals surface area (Å²) in [7, 11) is 3.74. The van der Waals surface area contributed by atoms with Crippen LogP contribution in [-0.2, 0) is 4.79 Å². The summed E-state index contributed by atoms with van der Waals surface area (Å²) in [5.74, 6) is -1.48. The first-order valence-electron chi connectivity index (χ1n) is 5.20. The van der Waals surface area contributed by atoms with Crippen molar-refractivity contribution in [2.24, 2.45) is 5.92 Å². The highest BCUT2D eigenvalue weighted by Gasteiger charge is 2.45. The Balaban J connectivity index is 2.33. The van der Waals surface area contributed by atoms with Crippen molar-refractivity contribution >= 4 is 11.7 Å². The number of benzene rings is 1. The molecule has 1 saturated carbocycles. The molecule has 0 aromatic heterocycles. The van der Waals surface area contributed by atoms with E-state index in [4.69, 9.17) is 5.11 Å². The predicted molar refractivity (Wildman–Crippen MR) is 59.2 cm³/mol. The summed E-state index contributed by atoms with van der Waals surface area (Å²) in [6.07, 6.45) is 0.611. The van der Waals surface area contributed by atoms with Gasteiger partial charge in [0.05, 0.1) is 5.92 Å². The largest absolute Gasteiger partial charge is 0.481 e. The number of hydrogen-bond donors (Lipinski definition) is 1. The highest BCUT2D eigenvalue weighted by atomic mass is 19.1. The summed E-state index contributed by atoms with van der Waals surface area (Å²) in [5.41, 5.74) is 1.70. The van der Waals surface area contributed by atoms with Crippen LogP contribution in [0.3, 0.4) is 0 Å². The molecule has 1 aromatic carbocycles. The van der Waals surface area contributed by atoms with Crippen LogP contribution >= 0.6 is 0 Å². The van der Waals surface area contributed by atoms with Gasteiger partial charge in [0, 0.05) is 25.7 Å². The molecule has 1 aliphatic carbocycles. The van der Waals surface area contributed by atoms with Crippen molar-refractivity contribution in [2.75, 3.05) is 19.0 Å². The summed E-state index contributed by atoms with van der Waals surface area (Å²) in [5, 5.41) is 8.88. The highest BCUT2D eigenvalue weighted by molar-refractivity contribution is 5.76. The number of carbonyl (C=O) groups is 1. The second-order valence-electron chi connectivity index (χ2n) is 4.38. The van der Waals surface area contributed by atoms with E-state index in [1.165, 1.54) is 12.1 Å². The fourth-order valence-corrected chi connectivity index (χ4v) is 2.04. The lowest BCUT2D eigenvalue weighted by Gasteiger charge is -2.17. The molecule has 1 N–H and O–H groups in total. The van der Waals surface area contributed by atoms with Crippen LogP contribution in [-0.4, -0.2) is 25.2 Å². The Morgan fingerprint density at radius 2 is 2.19 bits per heavy atom. The number of nitrogens with zero attached hydrogens (tertiary/aromatic N) is 1. The number of hydrogen-bond acceptors (Lipinski definition) is 2. The number of aliphatic carboxylic acids is 1. The third-order valence-corrected chi connectivity index (χ3v) is 2.98. The predicted octanol–water partition coefficient (Wildman–Crippen LogP) is 2.08. The lowest BCUT2D eigenvalue weighted by molar-refractivity contribution is -0.138. The average molecular weight is 223 g/mol. The van der Waals surface area contributed by atoms with Crippen molar-refractivity contribution in [1.29, 1.82) is 0 Å². The van der Waals surface area contributed by atoms with Gasteiger partial charge < -0.3 is 10.0 Å². The van der Waals surface area contributed by atoms with E-state index < -0.39 is 5.97 Å². The van der Waals surface area contributed by atoms with Crippen LogP contribution in [0.25, 0.3) is 0 Å². The van der Waals surface area contributed by atoms with Crippen LogP contribution in [0.2, 0.25) is 0 Å². The van der Waals surface area contributed by atoms with Gasteiger partial charge in [-0.25, -0.2) is 4.39 Å². The van der Waals surface area contributed by atoms with Gasteiger partial charge in [0.2, 0.25) is 0 Å². The third kappa shape index (κ3) is 1.87. The monoisotopic (exact) mass is 223 g/mol. The quantitative estimate of drug-likeness (QED) is 0.852. The summed E-state index contributed by atoms with van der Waals surface area (Å²) in [4.78, 5) is 12.7. The van der Waals surface area contributed by atoms with Crippen molar-refractivity contribution in [3.63, 3.8) is 0 Å². The molecule has 0 radical (unpaired) electrons. The van der Waals surface area contributed by atoms with E-state index >= 15 is 0 Å². The Morgan fingerprint density at radius 1 is 1.50 bits per heavy atom. The zero-order valence-electron chi connectivity index (χ0n) is 9.27. The summed E-state index contributed by atoms with van der Waals surface area (Å²) >= 11 is 0.